The average molecular weight is 489 g/mol. The van der Waals surface area contributed by atoms with Crippen LogP contribution in [0.4, 0.5) is 4.39 Å². The summed E-state index contributed by atoms with van der Waals surface area (Å²) in [5.41, 5.74) is 2.54. The minimum Gasteiger partial charge on any atom is -0.497 e. The van der Waals surface area contributed by atoms with Crippen LogP contribution in [0.25, 0.3) is 16.6 Å². The zero-order chi connectivity index (χ0) is 25.1. The van der Waals surface area contributed by atoms with Crippen LogP contribution in [-0.4, -0.2) is 41.4 Å². The number of nitrogens with one attached hydrogen (secondary N) is 2. The lowest BCUT2D eigenvalue weighted by molar-refractivity contribution is -0.124. The molecular formula is C28H29FN4O3. The first-order valence-electron chi connectivity index (χ1n) is 12.1. The molecule has 186 valence electrons. The first-order valence-corrected chi connectivity index (χ1v) is 12.1. The Morgan fingerprint density at radius 1 is 1.14 bits per heavy atom. The molecular weight excluding hydrogens is 459 g/mol. The third-order valence-electron chi connectivity index (χ3n) is 6.50. The molecule has 1 saturated heterocycles. The molecule has 7 nitrogen and oxygen atoms in total. The zero-order valence-corrected chi connectivity index (χ0v) is 20.3. The number of fused-ring (bicyclic) bond motifs is 1. The van der Waals surface area contributed by atoms with Crippen molar-refractivity contribution in [1.29, 1.82) is 0 Å². The van der Waals surface area contributed by atoms with Crippen LogP contribution in [-0.2, 0) is 4.79 Å². The number of halogens is 1. The summed E-state index contributed by atoms with van der Waals surface area (Å²) in [6, 6.07) is 19.1. The predicted molar refractivity (Wildman–Crippen MR) is 136 cm³/mol. The summed E-state index contributed by atoms with van der Waals surface area (Å²) < 4.78 is 27.0. The molecule has 2 N–H and O–H groups in total. The van der Waals surface area contributed by atoms with Gasteiger partial charge in [-0.1, -0.05) is 12.1 Å². The Bertz CT molecular complexity index is 1350. The number of hydrogen-bond acceptors (Lipinski definition) is 5. The molecule has 36 heavy (non-hydrogen) atoms. The molecule has 8 heteroatoms. The smallest absolute Gasteiger partial charge is 0.237 e. The molecule has 2 heterocycles. The van der Waals surface area contributed by atoms with E-state index in [0.717, 1.165) is 41.5 Å². The molecule has 1 aliphatic rings. The van der Waals surface area contributed by atoms with E-state index in [9.17, 15) is 9.18 Å². The van der Waals surface area contributed by atoms with Crippen molar-refractivity contribution in [1.82, 2.24) is 20.4 Å². The maximum atomic E-state index is 13.4. The van der Waals surface area contributed by atoms with Gasteiger partial charge in [0, 0.05) is 5.39 Å². The van der Waals surface area contributed by atoms with Crippen molar-refractivity contribution in [3.05, 3.63) is 84.3 Å². The van der Waals surface area contributed by atoms with Crippen LogP contribution in [0.2, 0.25) is 0 Å². The van der Waals surface area contributed by atoms with Gasteiger partial charge >= 0.3 is 0 Å². The number of rotatable bonds is 8. The van der Waals surface area contributed by atoms with Crippen LogP contribution in [0.15, 0.2) is 72.9 Å². The number of amides is 1. The van der Waals surface area contributed by atoms with E-state index < -0.39 is 6.10 Å². The summed E-state index contributed by atoms with van der Waals surface area (Å²) in [5.74, 6) is 1.05. The van der Waals surface area contributed by atoms with E-state index in [1.54, 1.807) is 30.1 Å². The number of methoxy groups -OCH3 is 1. The number of carbonyl (C=O) groups excluding carboxylic acids is 1. The van der Waals surface area contributed by atoms with Gasteiger partial charge in [0.25, 0.3) is 0 Å². The predicted octanol–water partition coefficient (Wildman–Crippen LogP) is 4.55. The highest BCUT2D eigenvalue weighted by Crippen LogP contribution is 2.30. The van der Waals surface area contributed by atoms with Gasteiger partial charge in [-0.15, -0.1) is 0 Å². The van der Waals surface area contributed by atoms with Gasteiger partial charge in [0.1, 0.15) is 23.4 Å². The van der Waals surface area contributed by atoms with Crippen molar-refractivity contribution >= 4 is 16.8 Å². The maximum Gasteiger partial charge on any atom is 0.237 e. The molecule has 0 radical (unpaired) electrons. The van der Waals surface area contributed by atoms with Crippen molar-refractivity contribution in [2.75, 3.05) is 13.7 Å². The highest BCUT2D eigenvalue weighted by Gasteiger charge is 2.28. The minimum atomic E-state index is -0.449. The lowest BCUT2D eigenvalue weighted by atomic mass is 10.0. The number of benzene rings is 3. The Labute approximate surface area is 209 Å². The highest BCUT2D eigenvalue weighted by molar-refractivity contribution is 5.83. The molecule has 1 fully saturated rings. The first-order chi connectivity index (χ1) is 17.5. The van der Waals surface area contributed by atoms with Gasteiger partial charge < -0.3 is 20.1 Å². The zero-order valence-electron chi connectivity index (χ0n) is 20.3. The second-order valence-electron chi connectivity index (χ2n) is 9.01. The molecule has 0 bridgehead atoms. The lowest BCUT2D eigenvalue weighted by Crippen LogP contribution is -2.47. The minimum absolute atomic E-state index is 0.0208. The summed E-state index contributed by atoms with van der Waals surface area (Å²) in [6.07, 6.45) is 3.13. The van der Waals surface area contributed by atoms with E-state index in [4.69, 9.17) is 9.47 Å². The van der Waals surface area contributed by atoms with Crippen LogP contribution >= 0.6 is 0 Å². The van der Waals surface area contributed by atoms with Crippen molar-refractivity contribution in [2.24, 2.45) is 0 Å². The third-order valence-corrected chi connectivity index (χ3v) is 6.50. The van der Waals surface area contributed by atoms with Crippen molar-refractivity contribution in [3.63, 3.8) is 0 Å². The fraction of sp³-hybridized carbons (Fsp3) is 0.286. The van der Waals surface area contributed by atoms with E-state index in [1.165, 1.54) is 12.1 Å². The molecule has 0 spiro atoms. The van der Waals surface area contributed by atoms with Crippen molar-refractivity contribution in [3.8, 4) is 17.2 Å². The monoisotopic (exact) mass is 488 g/mol. The van der Waals surface area contributed by atoms with E-state index in [2.05, 4.69) is 15.7 Å². The van der Waals surface area contributed by atoms with Crippen molar-refractivity contribution < 1.29 is 18.7 Å². The largest absolute Gasteiger partial charge is 0.497 e. The second-order valence-corrected chi connectivity index (χ2v) is 9.01. The quantitative estimate of drug-likeness (QED) is 0.381. The van der Waals surface area contributed by atoms with E-state index >= 15 is 0 Å². The van der Waals surface area contributed by atoms with Crippen LogP contribution < -0.4 is 20.1 Å². The molecule has 1 aromatic heterocycles. The van der Waals surface area contributed by atoms with Crippen LogP contribution in [0, 0.1) is 5.82 Å². The standard InChI is InChI=1S/C28H29FN4O3/c1-18(32-28(34)25-7-4-14-30-25)27(19-5-3-6-23(15-19)35-2)36-24-12-13-26-20(16-24)17-31-33(26)22-10-8-21(29)9-11-22/h3,5-6,8-13,15-18,25,27,30H,4,7,14H2,1-2H3,(H,32,34)/t18?,25-,27+/m1/s1. The Hall–Kier alpha value is -3.91. The fourth-order valence-electron chi connectivity index (χ4n) is 4.61. The normalized spacial score (nSPS) is 17.0. The number of carbonyl (C=O) groups is 1. The average Bonchev–Trinajstić information content (AvgIpc) is 3.58. The highest BCUT2D eigenvalue weighted by atomic mass is 19.1. The van der Waals surface area contributed by atoms with Crippen LogP contribution in [0.3, 0.4) is 0 Å². The first kappa shape index (κ1) is 23.8. The van der Waals surface area contributed by atoms with Gasteiger partial charge in [0.2, 0.25) is 5.91 Å². The molecule has 3 aromatic carbocycles. The SMILES string of the molecule is COc1cccc([C@@H](Oc2ccc3c(cnn3-c3ccc(F)cc3)c2)C(C)NC(=O)[C@H]2CCCN2)c1. The third kappa shape index (κ3) is 5.04. The van der Waals surface area contributed by atoms with E-state index in [-0.39, 0.29) is 23.8 Å². The molecule has 1 amide bonds. The second kappa shape index (κ2) is 10.4. The summed E-state index contributed by atoms with van der Waals surface area (Å²) in [6.45, 7) is 2.80. The Morgan fingerprint density at radius 3 is 2.72 bits per heavy atom. The van der Waals surface area contributed by atoms with Gasteiger partial charge in [0.05, 0.1) is 36.6 Å². The van der Waals surface area contributed by atoms with Gasteiger partial charge in [-0.3, -0.25) is 4.79 Å². The molecule has 0 aliphatic carbocycles. The Balaban J connectivity index is 1.42. The topological polar surface area (TPSA) is 77.4 Å². The summed E-state index contributed by atoms with van der Waals surface area (Å²) in [5, 5.41) is 11.7. The Kier molecular flexibility index (Phi) is 6.86. The molecule has 3 atom stereocenters. The summed E-state index contributed by atoms with van der Waals surface area (Å²) >= 11 is 0. The molecule has 0 saturated carbocycles. The lowest BCUT2D eigenvalue weighted by Gasteiger charge is -2.28. The molecule has 5 rings (SSSR count). The summed E-state index contributed by atoms with van der Waals surface area (Å²) in [7, 11) is 1.62. The number of hydrogen-bond donors (Lipinski definition) is 2. The molecule has 1 aliphatic heterocycles. The fourth-order valence-corrected chi connectivity index (χ4v) is 4.61. The van der Waals surface area contributed by atoms with E-state index in [1.807, 2.05) is 49.4 Å². The van der Waals surface area contributed by atoms with Crippen LogP contribution in [0.1, 0.15) is 31.4 Å². The molecule has 1 unspecified atom stereocenters. The van der Waals surface area contributed by atoms with Gasteiger partial charge in [-0.2, -0.15) is 5.10 Å². The Morgan fingerprint density at radius 2 is 1.97 bits per heavy atom. The van der Waals surface area contributed by atoms with E-state index in [0.29, 0.717) is 11.5 Å². The number of aromatic nitrogens is 2. The van der Waals surface area contributed by atoms with Crippen LogP contribution in [0.5, 0.6) is 11.5 Å². The van der Waals surface area contributed by atoms with Crippen molar-refractivity contribution in [2.45, 2.75) is 38.0 Å². The summed E-state index contributed by atoms with van der Waals surface area (Å²) in [4.78, 5) is 12.8. The number of nitrogens with zero attached hydrogens (tertiary/aromatic N) is 2. The van der Waals surface area contributed by atoms with Gasteiger partial charge in [0.15, 0.2) is 0 Å². The van der Waals surface area contributed by atoms with Gasteiger partial charge in [-0.05, 0) is 86.5 Å². The van der Waals surface area contributed by atoms with Gasteiger partial charge in [-0.25, -0.2) is 9.07 Å². The maximum absolute atomic E-state index is 13.4. The number of ether oxygens (including phenoxy) is 2. The molecule has 4 aromatic rings.